The molecule has 1 aliphatic carbocycles. The molecule has 3 fully saturated rings. The highest BCUT2D eigenvalue weighted by molar-refractivity contribution is 5.91. The Morgan fingerprint density at radius 2 is 1.66 bits per heavy atom. The predicted molar refractivity (Wildman–Crippen MR) is 124 cm³/mol. The van der Waals surface area contributed by atoms with Gasteiger partial charge in [-0.05, 0) is 23.8 Å². The molecule has 1 N–H and O–H groups in total. The van der Waals surface area contributed by atoms with Crippen molar-refractivity contribution in [1.29, 1.82) is 0 Å². The summed E-state index contributed by atoms with van der Waals surface area (Å²) in [6.45, 7) is 11.4. The summed E-state index contributed by atoms with van der Waals surface area (Å²) in [7, 11) is 0. The summed E-state index contributed by atoms with van der Waals surface area (Å²) < 4.78 is 0. The van der Waals surface area contributed by atoms with E-state index in [1.54, 1.807) is 0 Å². The van der Waals surface area contributed by atoms with Crippen LogP contribution in [0.25, 0.3) is 0 Å². The third-order valence-corrected chi connectivity index (χ3v) is 7.83. The maximum atomic E-state index is 14.2. The molecule has 1 aromatic carbocycles. The van der Waals surface area contributed by atoms with E-state index in [-0.39, 0.29) is 5.91 Å². The molecular weight excluding hydrogens is 404 g/mol. The summed E-state index contributed by atoms with van der Waals surface area (Å²) in [4.78, 5) is 34.6. The Bertz CT molecular complexity index is 812. The highest BCUT2D eigenvalue weighted by Crippen LogP contribution is 2.42. The van der Waals surface area contributed by atoms with Gasteiger partial charge in [-0.3, -0.25) is 19.5 Å². The quantitative estimate of drug-likeness (QED) is 0.777. The summed E-state index contributed by atoms with van der Waals surface area (Å²) in [5, 5.41) is 10.1. The minimum atomic E-state index is -1.06. The Morgan fingerprint density at radius 3 is 2.19 bits per heavy atom. The molecule has 4 rings (SSSR count). The molecule has 3 aliphatic rings. The summed E-state index contributed by atoms with van der Waals surface area (Å²) in [6.07, 6.45) is 2.55. The SMILES string of the molecule is CC(C)(C)[C@]1(C(=O)N2CCN(Cc3ccccc3)CC2)CN(C2CCC2)CCN1C(=O)O. The van der Waals surface area contributed by atoms with Crippen LogP contribution in [0.2, 0.25) is 0 Å². The van der Waals surface area contributed by atoms with Gasteiger partial charge in [-0.15, -0.1) is 0 Å². The molecule has 2 amide bonds. The van der Waals surface area contributed by atoms with E-state index >= 15 is 0 Å². The van der Waals surface area contributed by atoms with E-state index in [0.717, 1.165) is 32.5 Å². The number of amides is 2. The Balaban J connectivity index is 1.52. The van der Waals surface area contributed by atoms with Crippen molar-refractivity contribution in [2.24, 2.45) is 5.41 Å². The standard InChI is InChI=1S/C25H38N4O3/c1-24(2,3)25(19-28(21-10-7-11-21)16-17-29(25)23(31)32)22(30)27-14-12-26(13-15-27)18-20-8-5-4-6-9-20/h4-6,8-9,21H,7,10-19H2,1-3H3,(H,31,32)/t25-/m1/s1. The van der Waals surface area contributed by atoms with Crippen LogP contribution in [-0.2, 0) is 11.3 Å². The third kappa shape index (κ3) is 4.25. The van der Waals surface area contributed by atoms with Gasteiger partial charge in [-0.2, -0.15) is 0 Å². The Hall–Kier alpha value is -2.12. The lowest BCUT2D eigenvalue weighted by molar-refractivity contribution is -0.162. The Labute approximate surface area is 192 Å². The van der Waals surface area contributed by atoms with E-state index in [2.05, 4.69) is 34.1 Å². The fourth-order valence-corrected chi connectivity index (χ4v) is 5.56. The van der Waals surface area contributed by atoms with Gasteiger partial charge in [-0.25, -0.2) is 4.79 Å². The Kier molecular flexibility index (Phi) is 6.50. The van der Waals surface area contributed by atoms with E-state index in [1.807, 2.05) is 31.7 Å². The van der Waals surface area contributed by atoms with E-state index in [9.17, 15) is 14.7 Å². The minimum Gasteiger partial charge on any atom is -0.465 e. The number of carbonyl (C=O) groups is 2. The normalized spacial score (nSPS) is 26.1. The molecule has 7 heteroatoms. The van der Waals surface area contributed by atoms with Gasteiger partial charge in [0.2, 0.25) is 0 Å². The number of rotatable bonds is 4. The molecule has 2 aliphatic heterocycles. The smallest absolute Gasteiger partial charge is 0.408 e. The lowest BCUT2D eigenvalue weighted by Crippen LogP contribution is -2.76. The van der Waals surface area contributed by atoms with Crippen molar-refractivity contribution in [2.45, 2.75) is 58.2 Å². The first-order chi connectivity index (χ1) is 15.2. The van der Waals surface area contributed by atoms with Crippen LogP contribution in [0.4, 0.5) is 4.79 Å². The highest BCUT2D eigenvalue weighted by atomic mass is 16.4. The molecule has 2 saturated heterocycles. The molecule has 32 heavy (non-hydrogen) atoms. The predicted octanol–water partition coefficient (Wildman–Crippen LogP) is 2.96. The summed E-state index contributed by atoms with van der Waals surface area (Å²) >= 11 is 0. The van der Waals surface area contributed by atoms with Gasteiger partial charge in [0.15, 0.2) is 0 Å². The van der Waals surface area contributed by atoms with Crippen molar-refractivity contribution < 1.29 is 14.7 Å². The summed E-state index contributed by atoms with van der Waals surface area (Å²) in [6, 6.07) is 10.9. The van der Waals surface area contributed by atoms with Crippen LogP contribution in [0, 0.1) is 5.41 Å². The second-order valence-electron chi connectivity index (χ2n) is 10.7. The molecule has 0 bridgehead atoms. The highest BCUT2D eigenvalue weighted by Gasteiger charge is 2.59. The molecule has 1 aromatic rings. The molecule has 0 unspecified atom stereocenters. The topological polar surface area (TPSA) is 67.3 Å². The van der Waals surface area contributed by atoms with Crippen molar-refractivity contribution in [3.05, 3.63) is 35.9 Å². The second kappa shape index (κ2) is 9.02. The van der Waals surface area contributed by atoms with E-state index in [0.29, 0.717) is 38.8 Å². The number of carbonyl (C=O) groups excluding carboxylic acids is 1. The molecule has 1 atom stereocenters. The summed E-state index contributed by atoms with van der Waals surface area (Å²) in [5.41, 5.74) is -0.292. The molecule has 176 valence electrons. The number of nitrogens with zero attached hydrogens (tertiary/aromatic N) is 4. The number of hydrogen-bond donors (Lipinski definition) is 1. The fraction of sp³-hybridized carbons (Fsp3) is 0.680. The van der Waals surface area contributed by atoms with Crippen LogP contribution >= 0.6 is 0 Å². The molecule has 7 nitrogen and oxygen atoms in total. The van der Waals surface area contributed by atoms with E-state index in [4.69, 9.17) is 0 Å². The average Bonchev–Trinajstić information content (AvgIpc) is 2.72. The van der Waals surface area contributed by atoms with Crippen molar-refractivity contribution >= 4 is 12.0 Å². The lowest BCUT2D eigenvalue weighted by Gasteiger charge is -2.58. The largest absolute Gasteiger partial charge is 0.465 e. The van der Waals surface area contributed by atoms with Gasteiger partial charge < -0.3 is 10.0 Å². The van der Waals surface area contributed by atoms with Gasteiger partial charge in [0.25, 0.3) is 5.91 Å². The zero-order valence-corrected chi connectivity index (χ0v) is 19.8. The first-order valence-electron chi connectivity index (χ1n) is 12.0. The number of hydrogen-bond acceptors (Lipinski definition) is 4. The average molecular weight is 443 g/mol. The van der Waals surface area contributed by atoms with Crippen LogP contribution in [0.1, 0.15) is 45.6 Å². The van der Waals surface area contributed by atoms with Crippen LogP contribution < -0.4 is 0 Å². The van der Waals surface area contributed by atoms with Gasteiger partial charge in [0.1, 0.15) is 5.54 Å². The summed E-state index contributed by atoms with van der Waals surface area (Å²) in [5.74, 6) is -0.0178. The maximum absolute atomic E-state index is 14.2. The third-order valence-electron chi connectivity index (χ3n) is 7.83. The monoisotopic (exact) mass is 442 g/mol. The van der Waals surface area contributed by atoms with Crippen molar-refractivity contribution in [1.82, 2.24) is 19.6 Å². The van der Waals surface area contributed by atoms with Gasteiger partial charge in [0.05, 0.1) is 0 Å². The lowest BCUT2D eigenvalue weighted by atomic mass is 9.69. The zero-order valence-electron chi connectivity index (χ0n) is 19.8. The van der Waals surface area contributed by atoms with Crippen LogP contribution in [0.5, 0.6) is 0 Å². The number of carboxylic acid groups (broad SMARTS) is 1. The van der Waals surface area contributed by atoms with Gasteiger partial charge >= 0.3 is 6.09 Å². The van der Waals surface area contributed by atoms with Crippen molar-refractivity contribution in [3.8, 4) is 0 Å². The molecule has 2 heterocycles. The minimum absolute atomic E-state index is 0.0178. The molecule has 0 spiro atoms. The van der Waals surface area contributed by atoms with Gasteiger partial charge in [-0.1, -0.05) is 57.5 Å². The molecule has 0 radical (unpaired) electrons. The first kappa shape index (κ1) is 23.1. The van der Waals surface area contributed by atoms with E-state index in [1.165, 1.54) is 16.9 Å². The van der Waals surface area contributed by atoms with Crippen LogP contribution in [-0.4, -0.2) is 94.1 Å². The second-order valence-corrected chi connectivity index (χ2v) is 10.7. The van der Waals surface area contributed by atoms with E-state index < -0.39 is 17.0 Å². The van der Waals surface area contributed by atoms with Crippen molar-refractivity contribution in [2.75, 3.05) is 45.8 Å². The number of piperazine rings is 2. The van der Waals surface area contributed by atoms with Crippen LogP contribution in [0.15, 0.2) is 30.3 Å². The molecule has 1 saturated carbocycles. The zero-order chi connectivity index (χ0) is 22.9. The first-order valence-corrected chi connectivity index (χ1v) is 12.0. The van der Waals surface area contributed by atoms with Gasteiger partial charge in [0, 0.05) is 58.4 Å². The van der Waals surface area contributed by atoms with Crippen LogP contribution in [0.3, 0.4) is 0 Å². The molecule has 0 aromatic heterocycles. The maximum Gasteiger partial charge on any atom is 0.408 e. The number of benzene rings is 1. The van der Waals surface area contributed by atoms with Crippen molar-refractivity contribution in [3.63, 3.8) is 0 Å². The molecular formula is C25H38N4O3. The Morgan fingerprint density at radius 1 is 1.00 bits per heavy atom. The fourth-order valence-electron chi connectivity index (χ4n) is 5.56.